The van der Waals surface area contributed by atoms with Gasteiger partial charge >= 0.3 is 5.97 Å². The number of hydrogen-bond acceptors (Lipinski definition) is 3. The minimum absolute atomic E-state index is 0.360. The lowest BCUT2D eigenvalue weighted by atomic mass is 9.98. The van der Waals surface area contributed by atoms with Gasteiger partial charge in [0, 0.05) is 0 Å². The van der Waals surface area contributed by atoms with Crippen LogP contribution in [-0.2, 0) is 4.79 Å². The van der Waals surface area contributed by atoms with Crippen molar-refractivity contribution in [2.75, 3.05) is 13.2 Å². The van der Waals surface area contributed by atoms with Crippen LogP contribution >= 0.6 is 0 Å². The molecule has 3 aromatic carbocycles. The Kier molecular flexibility index (Phi) is 6.47. The van der Waals surface area contributed by atoms with Crippen molar-refractivity contribution in [3.8, 4) is 11.5 Å². The number of ether oxygens (including phenoxy) is 2. The molecule has 0 heterocycles. The van der Waals surface area contributed by atoms with Gasteiger partial charge in [0.1, 0.15) is 18.1 Å². The van der Waals surface area contributed by atoms with Crippen molar-refractivity contribution >= 4 is 11.5 Å². The second-order valence-electron chi connectivity index (χ2n) is 6.27. The van der Waals surface area contributed by atoms with Gasteiger partial charge in [-0.1, -0.05) is 60.7 Å². The van der Waals surface area contributed by atoms with E-state index in [1.165, 1.54) is 0 Å². The number of aryl methyl sites for hydroxylation is 1. The van der Waals surface area contributed by atoms with Gasteiger partial charge in [0.2, 0.25) is 0 Å². The van der Waals surface area contributed by atoms with E-state index in [1.807, 2.05) is 49.4 Å². The zero-order valence-corrected chi connectivity index (χ0v) is 15.7. The van der Waals surface area contributed by atoms with Gasteiger partial charge in [-0.25, -0.2) is 4.79 Å². The number of rotatable bonds is 8. The summed E-state index contributed by atoms with van der Waals surface area (Å²) >= 11 is 0. The molecule has 0 spiro atoms. The van der Waals surface area contributed by atoms with E-state index in [2.05, 4.69) is 30.3 Å². The van der Waals surface area contributed by atoms with Crippen LogP contribution in [0, 0.1) is 6.92 Å². The summed E-state index contributed by atoms with van der Waals surface area (Å²) in [5.41, 5.74) is 4.20. The Morgan fingerprint density at radius 3 is 2.04 bits per heavy atom. The van der Waals surface area contributed by atoms with Gasteiger partial charge in [0.15, 0.2) is 6.61 Å². The highest BCUT2D eigenvalue weighted by Crippen LogP contribution is 2.25. The summed E-state index contributed by atoms with van der Waals surface area (Å²) in [5.74, 6) is 0.246. The largest absolute Gasteiger partial charge is 0.489 e. The fourth-order valence-electron chi connectivity index (χ4n) is 2.87. The Morgan fingerprint density at radius 1 is 0.893 bits per heavy atom. The fraction of sp³-hybridized carbons (Fsp3) is 0.125. The predicted octanol–water partition coefficient (Wildman–Crippen LogP) is 4.97. The molecule has 0 unspecified atom stereocenters. The average molecular weight is 374 g/mol. The van der Waals surface area contributed by atoms with E-state index >= 15 is 0 Å². The molecule has 3 aromatic rings. The van der Waals surface area contributed by atoms with Gasteiger partial charge in [-0.3, -0.25) is 0 Å². The first-order chi connectivity index (χ1) is 13.6. The van der Waals surface area contributed by atoms with E-state index in [9.17, 15) is 4.79 Å². The van der Waals surface area contributed by atoms with Crippen molar-refractivity contribution in [1.29, 1.82) is 0 Å². The van der Waals surface area contributed by atoms with Gasteiger partial charge in [-0.15, -0.1) is 0 Å². The molecule has 0 fully saturated rings. The maximum absolute atomic E-state index is 10.6. The Labute approximate surface area is 164 Å². The van der Waals surface area contributed by atoms with Gasteiger partial charge in [-0.2, -0.15) is 0 Å². The summed E-state index contributed by atoms with van der Waals surface area (Å²) in [5, 5.41) is 8.72. The highest BCUT2D eigenvalue weighted by atomic mass is 16.5. The van der Waals surface area contributed by atoms with E-state index in [4.69, 9.17) is 14.6 Å². The average Bonchev–Trinajstić information content (AvgIpc) is 2.72. The van der Waals surface area contributed by atoms with Crippen LogP contribution in [0.3, 0.4) is 0 Å². The molecule has 28 heavy (non-hydrogen) atoms. The van der Waals surface area contributed by atoms with Crippen LogP contribution in [0.15, 0.2) is 84.9 Å². The molecule has 142 valence electrons. The van der Waals surface area contributed by atoms with E-state index in [0.29, 0.717) is 18.1 Å². The minimum Gasteiger partial charge on any atom is -0.489 e. The quantitative estimate of drug-likeness (QED) is 0.605. The maximum Gasteiger partial charge on any atom is 0.341 e. The number of carboxylic acid groups (broad SMARTS) is 1. The van der Waals surface area contributed by atoms with Crippen LogP contribution in [0.2, 0.25) is 0 Å². The van der Waals surface area contributed by atoms with Crippen molar-refractivity contribution < 1.29 is 19.4 Å². The SMILES string of the molecule is Cc1cc(OCC=C(c2ccccc2)c2ccccc2)ccc1OCC(=O)O. The summed E-state index contributed by atoms with van der Waals surface area (Å²) in [4.78, 5) is 10.6. The Bertz CT molecular complexity index is 905. The number of carboxylic acids is 1. The summed E-state index contributed by atoms with van der Waals surface area (Å²) in [7, 11) is 0. The van der Waals surface area contributed by atoms with Crippen LogP contribution in [0.25, 0.3) is 5.57 Å². The molecule has 4 nitrogen and oxygen atoms in total. The van der Waals surface area contributed by atoms with Crippen molar-refractivity contribution in [2.24, 2.45) is 0 Å². The van der Waals surface area contributed by atoms with Crippen molar-refractivity contribution in [3.05, 3.63) is 102 Å². The first-order valence-corrected chi connectivity index (χ1v) is 9.02. The lowest BCUT2D eigenvalue weighted by Crippen LogP contribution is -2.10. The summed E-state index contributed by atoms with van der Waals surface area (Å²) in [6.07, 6.45) is 2.06. The maximum atomic E-state index is 10.6. The normalized spacial score (nSPS) is 10.2. The molecule has 0 aliphatic carbocycles. The van der Waals surface area contributed by atoms with Gasteiger partial charge in [-0.05, 0) is 53.5 Å². The van der Waals surface area contributed by atoms with Crippen molar-refractivity contribution in [3.63, 3.8) is 0 Å². The van der Waals surface area contributed by atoms with Crippen LogP contribution in [0.4, 0.5) is 0 Å². The molecule has 0 saturated carbocycles. The van der Waals surface area contributed by atoms with E-state index in [1.54, 1.807) is 12.1 Å². The molecular weight excluding hydrogens is 352 g/mol. The van der Waals surface area contributed by atoms with Crippen LogP contribution in [0.1, 0.15) is 16.7 Å². The lowest BCUT2D eigenvalue weighted by molar-refractivity contribution is -0.139. The molecule has 0 radical (unpaired) electrons. The van der Waals surface area contributed by atoms with E-state index in [-0.39, 0.29) is 6.61 Å². The van der Waals surface area contributed by atoms with Gasteiger partial charge in [0.25, 0.3) is 0 Å². The smallest absolute Gasteiger partial charge is 0.341 e. The van der Waals surface area contributed by atoms with Crippen molar-refractivity contribution in [2.45, 2.75) is 6.92 Å². The third-order valence-corrected chi connectivity index (χ3v) is 4.20. The molecular formula is C24H22O4. The van der Waals surface area contributed by atoms with Crippen molar-refractivity contribution in [1.82, 2.24) is 0 Å². The molecule has 4 heteroatoms. The predicted molar refractivity (Wildman–Crippen MR) is 110 cm³/mol. The molecule has 0 amide bonds. The van der Waals surface area contributed by atoms with Crippen LogP contribution in [-0.4, -0.2) is 24.3 Å². The Hall–Kier alpha value is -3.53. The zero-order valence-electron chi connectivity index (χ0n) is 15.7. The number of hydrogen-bond donors (Lipinski definition) is 1. The van der Waals surface area contributed by atoms with E-state index in [0.717, 1.165) is 22.3 Å². The third kappa shape index (κ3) is 5.24. The monoisotopic (exact) mass is 374 g/mol. The summed E-state index contributed by atoms with van der Waals surface area (Å²) in [6, 6.07) is 25.8. The molecule has 0 aliphatic heterocycles. The summed E-state index contributed by atoms with van der Waals surface area (Å²) < 4.78 is 11.1. The van der Waals surface area contributed by atoms with E-state index < -0.39 is 5.97 Å². The molecule has 0 saturated heterocycles. The topological polar surface area (TPSA) is 55.8 Å². The number of benzene rings is 3. The molecule has 0 aliphatic rings. The standard InChI is InChI=1S/C24H22O4/c1-18-16-21(12-13-23(18)28-17-24(25)26)27-15-14-22(19-8-4-2-5-9-19)20-10-6-3-7-11-20/h2-14,16H,15,17H2,1H3,(H,25,26). The molecule has 3 rings (SSSR count). The molecule has 0 aromatic heterocycles. The fourth-order valence-corrected chi connectivity index (χ4v) is 2.87. The van der Waals surface area contributed by atoms with Crippen LogP contribution in [0.5, 0.6) is 11.5 Å². The number of aliphatic carboxylic acids is 1. The Morgan fingerprint density at radius 2 is 1.50 bits per heavy atom. The molecule has 0 atom stereocenters. The highest BCUT2D eigenvalue weighted by molar-refractivity contribution is 5.79. The second-order valence-corrected chi connectivity index (χ2v) is 6.27. The van der Waals surface area contributed by atoms with Gasteiger partial charge in [0.05, 0.1) is 0 Å². The zero-order chi connectivity index (χ0) is 19.8. The minimum atomic E-state index is -1.00. The first kappa shape index (κ1) is 19.2. The molecule has 0 bridgehead atoms. The lowest BCUT2D eigenvalue weighted by Gasteiger charge is -2.11. The second kappa shape index (κ2) is 9.42. The first-order valence-electron chi connectivity index (χ1n) is 9.02. The molecule has 1 N–H and O–H groups in total. The third-order valence-electron chi connectivity index (χ3n) is 4.20. The summed E-state index contributed by atoms with van der Waals surface area (Å²) in [6.45, 7) is 1.91. The van der Waals surface area contributed by atoms with Gasteiger partial charge < -0.3 is 14.6 Å². The highest BCUT2D eigenvalue weighted by Gasteiger charge is 2.06. The van der Waals surface area contributed by atoms with Crippen LogP contribution < -0.4 is 9.47 Å². The Balaban J connectivity index is 1.73. The number of carbonyl (C=O) groups is 1.